The number of hydrogen-bond acceptors (Lipinski definition) is 6. The number of hydrogen-bond donors (Lipinski definition) is 2. The molecule has 0 atom stereocenters. The van der Waals surface area contributed by atoms with Gasteiger partial charge in [-0.3, -0.25) is 0 Å². The van der Waals surface area contributed by atoms with Crippen molar-refractivity contribution < 1.29 is 19.4 Å². The van der Waals surface area contributed by atoms with Gasteiger partial charge in [-0.1, -0.05) is 0 Å². The molecule has 0 aliphatic heterocycles. The summed E-state index contributed by atoms with van der Waals surface area (Å²) in [7, 11) is 3.22. The molecule has 116 valence electrons. The van der Waals surface area contributed by atoms with Crippen LogP contribution in [-0.2, 0) is 0 Å². The topological polar surface area (TPSA) is 93.6 Å². The Hall–Kier alpha value is -2.83. The Labute approximate surface area is 127 Å². The van der Waals surface area contributed by atoms with Crippen LogP contribution in [0.25, 0.3) is 11.4 Å². The van der Waals surface area contributed by atoms with Gasteiger partial charge in [0.25, 0.3) is 0 Å². The highest BCUT2D eigenvalue weighted by Gasteiger charge is 2.13. The van der Waals surface area contributed by atoms with Gasteiger partial charge in [0.1, 0.15) is 5.82 Å². The lowest BCUT2D eigenvalue weighted by molar-refractivity contribution is 0.0690. The number of anilines is 1. The van der Waals surface area contributed by atoms with E-state index >= 15 is 0 Å². The molecule has 0 fully saturated rings. The van der Waals surface area contributed by atoms with E-state index in [9.17, 15) is 4.79 Å². The van der Waals surface area contributed by atoms with Gasteiger partial charge >= 0.3 is 5.97 Å². The normalized spacial score (nSPS) is 10.1. The van der Waals surface area contributed by atoms with Crippen LogP contribution in [0.3, 0.4) is 0 Å². The Morgan fingerprint density at radius 3 is 2.64 bits per heavy atom. The van der Waals surface area contributed by atoms with Gasteiger partial charge in [-0.2, -0.15) is 0 Å². The fourth-order valence-corrected chi connectivity index (χ4v) is 1.90. The van der Waals surface area contributed by atoms with Crippen molar-refractivity contribution in [2.75, 3.05) is 26.1 Å². The summed E-state index contributed by atoms with van der Waals surface area (Å²) in [5.41, 5.74) is 0.562. The third-order valence-electron chi connectivity index (χ3n) is 2.92. The van der Waals surface area contributed by atoms with Crippen LogP contribution in [0.2, 0.25) is 0 Å². The van der Waals surface area contributed by atoms with Crippen molar-refractivity contribution in [2.45, 2.75) is 6.92 Å². The first-order valence-corrected chi connectivity index (χ1v) is 6.70. The molecule has 2 aromatic rings. The Morgan fingerprint density at radius 2 is 2.05 bits per heavy atom. The number of carboxylic acid groups (broad SMARTS) is 1. The second-order valence-electron chi connectivity index (χ2n) is 4.32. The Kier molecular flexibility index (Phi) is 4.77. The van der Waals surface area contributed by atoms with Crippen LogP contribution in [0.15, 0.2) is 24.3 Å². The molecule has 22 heavy (non-hydrogen) atoms. The summed E-state index contributed by atoms with van der Waals surface area (Å²) in [4.78, 5) is 19.5. The molecule has 7 nitrogen and oxygen atoms in total. The van der Waals surface area contributed by atoms with Crippen molar-refractivity contribution in [1.82, 2.24) is 9.97 Å². The highest BCUT2D eigenvalue weighted by Crippen LogP contribution is 2.31. The van der Waals surface area contributed by atoms with E-state index in [2.05, 4.69) is 15.3 Å². The molecule has 7 heteroatoms. The van der Waals surface area contributed by atoms with E-state index in [1.165, 1.54) is 6.07 Å². The minimum Gasteiger partial charge on any atom is -0.493 e. The quantitative estimate of drug-likeness (QED) is 0.845. The predicted molar refractivity (Wildman–Crippen MR) is 81.7 cm³/mol. The van der Waals surface area contributed by atoms with Gasteiger partial charge in [0.2, 0.25) is 0 Å². The summed E-state index contributed by atoms with van der Waals surface area (Å²) in [6.07, 6.45) is 0. The van der Waals surface area contributed by atoms with E-state index in [4.69, 9.17) is 14.6 Å². The summed E-state index contributed by atoms with van der Waals surface area (Å²) < 4.78 is 10.7. The van der Waals surface area contributed by atoms with E-state index in [0.29, 0.717) is 35.3 Å². The number of carbonyl (C=O) groups is 1. The van der Waals surface area contributed by atoms with Crippen molar-refractivity contribution in [2.24, 2.45) is 0 Å². The van der Waals surface area contributed by atoms with Gasteiger partial charge in [-0.05, 0) is 25.1 Å². The van der Waals surface area contributed by atoms with Crippen molar-refractivity contribution in [1.29, 1.82) is 0 Å². The highest BCUT2D eigenvalue weighted by atomic mass is 16.5. The smallest absolute Gasteiger partial charge is 0.354 e. The monoisotopic (exact) mass is 303 g/mol. The maximum Gasteiger partial charge on any atom is 0.354 e. The molecule has 0 aliphatic carbocycles. The third-order valence-corrected chi connectivity index (χ3v) is 2.92. The molecule has 0 radical (unpaired) electrons. The van der Waals surface area contributed by atoms with Gasteiger partial charge in [0, 0.05) is 18.7 Å². The van der Waals surface area contributed by atoms with E-state index < -0.39 is 5.97 Å². The fraction of sp³-hybridized carbons (Fsp3) is 0.267. The SMILES string of the molecule is CCOc1cc(-c2nc(NC)cc(C(=O)O)n2)ccc1OC. The van der Waals surface area contributed by atoms with Crippen molar-refractivity contribution >= 4 is 11.8 Å². The first-order chi connectivity index (χ1) is 10.6. The van der Waals surface area contributed by atoms with Crippen molar-refractivity contribution in [3.63, 3.8) is 0 Å². The molecule has 2 N–H and O–H groups in total. The molecule has 0 amide bonds. The number of aromatic carboxylic acids is 1. The second kappa shape index (κ2) is 6.75. The molecule has 1 heterocycles. The van der Waals surface area contributed by atoms with Crippen LogP contribution in [0.4, 0.5) is 5.82 Å². The van der Waals surface area contributed by atoms with Gasteiger partial charge in [0.15, 0.2) is 23.0 Å². The number of rotatable bonds is 6. The van der Waals surface area contributed by atoms with Crippen LogP contribution >= 0.6 is 0 Å². The van der Waals surface area contributed by atoms with Crippen molar-refractivity contribution in [3.8, 4) is 22.9 Å². The first kappa shape index (κ1) is 15.6. The van der Waals surface area contributed by atoms with Crippen LogP contribution in [0.1, 0.15) is 17.4 Å². The van der Waals surface area contributed by atoms with Crippen molar-refractivity contribution in [3.05, 3.63) is 30.0 Å². The predicted octanol–water partition coefficient (Wildman–Crippen LogP) is 2.29. The van der Waals surface area contributed by atoms with Gasteiger partial charge < -0.3 is 19.9 Å². The highest BCUT2D eigenvalue weighted by molar-refractivity contribution is 5.87. The third kappa shape index (κ3) is 3.25. The zero-order valence-corrected chi connectivity index (χ0v) is 12.6. The second-order valence-corrected chi connectivity index (χ2v) is 4.32. The number of ether oxygens (including phenoxy) is 2. The van der Waals surface area contributed by atoms with Crippen LogP contribution in [-0.4, -0.2) is 41.8 Å². The molecule has 0 spiro atoms. The zero-order chi connectivity index (χ0) is 16.1. The standard InChI is InChI=1S/C15H17N3O4/c1-4-22-12-7-9(5-6-11(12)21-3)14-17-10(15(19)20)8-13(16-2)18-14/h5-8H,4H2,1-3H3,(H,19,20)(H,16,17,18). The molecular weight excluding hydrogens is 286 g/mol. The first-order valence-electron chi connectivity index (χ1n) is 6.70. The van der Waals surface area contributed by atoms with Crippen LogP contribution in [0.5, 0.6) is 11.5 Å². The van der Waals surface area contributed by atoms with Gasteiger partial charge in [0.05, 0.1) is 13.7 Å². The van der Waals surface area contributed by atoms with Crippen LogP contribution in [0, 0.1) is 0 Å². The molecule has 0 saturated heterocycles. The summed E-state index contributed by atoms with van der Waals surface area (Å²) in [6, 6.07) is 6.58. The minimum atomic E-state index is -1.11. The lowest BCUT2D eigenvalue weighted by atomic mass is 10.2. The molecule has 2 rings (SSSR count). The Balaban J connectivity index is 2.53. The number of carboxylic acids is 1. The zero-order valence-electron chi connectivity index (χ0n) is 12.6. The number of methoxy groups -OCH3 is 1. The van der Waals surface area contributed by atoms with Crippen LogP contribution < -0.4 is 14.8 Å². The molecule has 1 aromatic heterocycles. The van der Waals surface area contributed by atoms with Gasteiger partial charge in [-0.25, -0.2) is 14.8 Å². The summed E-state index contributed by atoms with van der Waals surface area (Å²) in [5.74, 6) is 0.759. The lowest BCUT2D eigenvalue weighted by Crippen LogP contribution is -2.06. The molecule has 1 aromatic carbocycles. The maximum atomic E-state index is 11.2. The van der Waals surface area contributed by atoms with E-state index in [1.54, 1.807) is 32.4 Å². The van der Waals surface area contributed by atoms with Gasteiger partial charge in [-0.15, -0.1) is 0 Å². The fourth-order valence-electron chi connectivity index (χ4n) is 1.90. The average Bonchev–Trinajstić information content (AvgIpc) is 2.54. The molecule has 0 aliphatic rings. The number of aromatic nitrogens is 2. The largest absolute Gasteiger partial charge is 0.493 e. The Morgan fingerprint density at radius 1 is 1.27 bits per heavy atom. The number of benzene rings is 1. The van der Waals surface area contributed by atoms with E-state index in [1.807, 2.05) is 6.92 Å². The Bertz CT molecular complexity index is 688. The minimum absolute atomic E-state index is 0.0804. The summed E-state index contributed by atoms with van der Waals surface area (Å²) in [5, 5.41) is 12.0. The molecule has 0 bridgehead atoms. The van der Waals surface area contributed by atoms with E-state index in [-0.39, 0.29) is 5.69 Å². The average molecular weight is 303 g/mol. The maximum absolute atomic E-state index is 11.2. The molecule has 0 unspecified atom stereocenters. The van der Waals surface area contributed by atoms with E-state index in [0.717, 1.165) is 0 Å². The summed E-state index contributed by atoms with van der Waals surface area (Å²) in [6.45, 7) is 2.35. The molecular formula is C15H17N3O4. The summed E-state index contributed by atoms with van der Waals surface area (Å²) >= 11 is 0. The number of nitrogens with zero attached hydrogens (tertiary/aromatic N) is 2. The lowest BCUT2D eigenvalue weighted by Gasteiger charge is -2.11. The number of nitrogens with one attached hydrogen (secondary N) is 1. The molecule has 0 saturated carbocycles.